The molecule has 0 saturated carbocycles. The fraction of sp³-hybridized carbons (Fsp3) is 0.130. The van der Waals surface area contributed by atoms with Crippen LogP contribution in [-0.2, 0) is 23.5 Å². The summed E-state index contributed by atoms with van der Waals surface area (Å²) >= 11 is 0. The number of benzene rings is 6. The van der Waals surface area contributed by atoms with Gasteiger partial charge in [0.2, 0.25) is 0 Å². The number of hydrogen-bond donors (Lipinski definition) is 6. The van der Waals surface area contributed by atoms with Gasteiger partial charge in [-0.2, -0.15) is 8.42 Å². The molecule has 0 aromatic heterocycles. The maximum absolute atomic E-state index is 13.1. The van der Waals surface area contributed by atoms with Gasteiger partial charge in [0.1, 0.15) is 0 Å². The van der Waals surface area contributed by atoms with E-state index in [0.717, 1.165) is 24.5 Å². The van der Waals surface area contributed by atoms with Crippen molar-refractivity contribution in [2.24, 2.45) is 0 Å². The van der Waals surface area contributed by atoms with Gasteiger partial charge in [0, 0.05) is 58.1 Å². The third kappa shape index (κ3) is 10.1. The molecule has 6 aromatic rings. The molecule has 312 valence electrons. The zero-order valence-electron chi connectivity index (χ0n) is 33.8. The van der Waals surface area contributed by atoms with E-state index in [1.807, 2.05) is 76.7 Å². The van der Waals surface area contributed by atoms with Crippen molar-refractivity contribution in [2.45, 2.75) is 13.1 Å². The number of nitrogens with two attached hydrogens (primary N) is 2. The van der Waals surface area contributed by atoms with Crippen LogP contribution in [0.1, 0.15) is 74.8 Å². The molecule has 0 atom stereocenters. The summed E-state index contributed by atoms with van der Waals surface area (Å²) in [5.41, 5.74) is 20.8. The molecule has 0 aliphatic heterocycles. The number of nitrogens with zero attached hydrogens (tertiary/aromatic N) is 2. The van der Waals surface area contributed by atoms with E-state index < -0.39 is 10.4 Å². The summed E-state index contributed by atoms with van der Waals surface area (Å²) < 4.78 is 31.6. The standard InChI is InChI=1S/2C23H21N3O2.H2O4S/c2*1-26(2)13-14-7-9-15(10-8-14)25-19-12-11-18(24)20-21(19)23(28)17-6-4-3-5-16(17)22(20)27;1-5(2,3)4/h2*3-12,25H,13,24H2,1-2H3;(H2,1,2,3,4). The van der Waals surface area contributed by atoms with E-state index in [4.69, 9.17) is 29.0 Å². The fourth-order valence-corrected chi connectivity index (χ4v) is 7.13. The van der Waals surface area contributed by atoms with Gasteiger partial charge in [-0.3, -0.25) is 28.3 Å². The maximum atomic E-state index is 13.1. The number of anilines is 6. The van der Waals surface area contributed by atoms with Gasteiger partial charge in [-0.15, -0.1) is 0 Å². The Kier molecular flexibility index (Phi) is 12.9. The number of nitrogens with one attached hydrogen (secondary N) is 2. The Labute approximate surface area is 353 Å². The molecule has 6 aromatic carbocycles. The summed E-state index contributed by atoms with van der Waals surface area (Å²) in [6, 6.07) is 36.6. The Bertz CT molecular complexity index is 2600. The molecule has 8 rings (SSSR count). The molecule has 0 radical (unpaired) electrons. The number of rotatable bonds is 8. The van der Waals surface area contributed by atoms with E-state index in [9.17, 15) is 19.2 Å². The predicted octanol–water partition coefficient (Wildman–Crippen LogP) is 7.05. The first kappa shape index (κ1) is 43.6. The summed E-state index contributed by atoms with van der Waals surface area (Å²) in [7, 11) is 3.42. The Morgan fingerprint density at radius 3 is 1.02 bits per heavy atom. The van der Waals surface area contributed by atoms with E-state index >= 15 is 0 Å². The second-order valence-electron chi connectivity index (χ2n) is 14.9. The molecule has 0 bridgehead atoms. The lowest BCUT2D eigenvalue weighted by Crippen LogP contribution is -2.23. The topological polar surface area (TPSA) is 225 Å². The van der Waals surface area contributed by atoms with Gasteiger partial charge in [0.15, 0.2) is 23.1 Å². The maximum Gasteiger partial charge on any atom is 0.394 e. The monoisotopic (exact) mass is 840 g/mol. The zero-order chi connectivity index (χ0) is 44.2. The summed E-state index contributed by atoms with van der Waals surface area (Å²) in [6.07, 6.45) is 0. The van der Waals surface area contributed by atoms with Crippen LogP contribution < -0.4 is 22.1 Å². The highest BCUT2D eigenvalue weighted by molar-refractivity contribution is 7.79. The molecular formula is C46H44N6O8S. The van der Waals surface area contributed by atoms with Crippen molar-refractivity contribution in [1.82, 2.24) is 9.80 Å². The smallest absolute Gasteiger partial charge is 0.394 e. The Morgan fingerprint density at radius 2 is 0.738 bits per heavy atom. The molecule has 15 heteroatoms. The largest absolute Gasteiger partial charge is 0.398 e. The first-order chi connectivity index (χ1) is 28.9. The van der Waals surface area contributed by atoms with Crippen molar-refractivity contribution in [3.8, 4) is 0 Å². The molecule has 8 N–H and O–H groups in total. The molecular weight excluding hydrogens is 797 g/mol. The first-order valence-corrected chi connectivity index (χ1v) is 20.2. The highest BCUT2D eigenvalue weighted by Crippen LogP contribution is 2.38. The average Bonchev–Trinajstić information content (AvgIpc) is 3.21. The lowest BCUT2D eigenvalue weighted by atomic mass is 9.82. The molecule has 0 saturated heterocycles. The highest BCUT2D eigenvalue weighted by Gasteiger charge is 2.34. The normalized spacial score (nSPS) is 12.6. The van der Waals surface area contributed by atoms with Crippen LogP contribution in [0.4, 0.5) is 34.1 Å². The van der Waals surface area contributed by atoms with E-state index in [-0.39, 0.29) is 34.3 Å². The lowest BCUT2D eigenvalue weighted by Gasteiger charge is -2.22. The molecule has 2 aliphatic carbocycles. The van der Waals surface area contributed by atoms with Crippen LogP contribution in [0.2, 0.25) is 0 Å². The van der Waals surface area contributed by atoms with Crippen molar-refractivity contribution in [1.29, 1.82) is 0 Å². The number of ketones is 4. The van der Waals surface area contributed by atoms with Crippen LogP contribution in [0.15, 0.2) is 121 Å². The SMILES string of the molecule is CN(C)Cc1ccc(Nc2ccc(N)c3c2C(=O)c2ccccc2C3=O)cc1.CN(C)Cc1ccc(Nc2ccc(N)c3c2C(=O)c2ccccc2C3=O)cc1.O=S(=O)(O)O. The third-order valence-corrected chi connectivity index (χ3v) is 9.68. The predicted molar refractivity (Wildman–Crippen MR) is 237 cm³/mol. The van der Waals surface area contributed by atoms with Gasteiger partial charge in [-0.25, -0.2) is 0 Å². The Morgan fingerprint density at radius 1 is 0.459 bits per heavy atom. The fourth-order valence-electron chi connectivity index (χ4n) is 7.13. The van der Waals surface area contributed by atoms with Crippen LogP contribution in [-0.4, -0.2) is 78.6 Å². The van der Waals surface area contributed by atoms with Gasteiger partial charge in [0.05, 0.1) is 33.6 Å². The van der Waals surface area contributed by atoms with Crippen LogP contribution in [0.25, 0.3) is 0 Å². The number of nitrogen functional groups attached to an aromatic ring is 2. The van der Waals surface area contributed by atoms with Crippen molar-refractivity contribution >= 4 is 67.7 Å². The van der Waals surface area contributed by atoms with Gasteiger partial charge in [-0.05, 0) is 87.8 Å². The number of fused-ring (bicyclic) bond motifs is 4. The van der Waals surface area contributed by atoms with Crippen molar-refractivity contribution in [3.63, 3.8) is 0 Å². The van der Waals surface area contributed by atoms with Gasteiger partial charge >= 0.3 is 10.4 Å². The quantitative estimate of drug-likeness (QED) is 0.0667. The molecule has 14 nitrogen and oxygen atoms in total. The van der Waals surface area contributed by atoms with E-state index in [2.05, 4.69) is 20.4 Å². The zero-order valence-corrected chi connectivity index (χ0v) is 34.6. The van der Waals surface area contributed by atoms with Crippen molar-refractivity contribution in [3.05, 3.63) is 177 Å². The molecule has 2 aliphatic rings. The minimum absolute atomic E-state index is 0.191. The van der Waals surface area contributed by atoms with E-state index in [1.54, 1.807) is 72.8 Å². The molecule has 0 heterocycles. The van der Waals surface area contributed by atoms with Gasteiger partial charge in [0.25, 0.3) is 0 Å². The van der Waals surface area contributed by atoms with Crippen LogP contribution in [0, 0.1) is 0 Å². The average molecular weight is 841 g/mol. The number of carbonyl (C=O) groups is 4. The molecule has 0 spiro atoms. The second kappa shape index (κ2) is 18.1. The third-order valence-electron chi connectivity index (χ3n) is 9.68. The van der Waals surface area contributed by atoms with E-state index in [0.29, 0.717) is 56.1 Å². The summed E-state index contributed by atoms with van der Waals surface area (Å²) in [5.74, 6) is -0.811. The van der Waals surface area contributed by atoms with Crippen LogP contribution >= 0.6 is 0 Å². The molecule has 0 fully saturated rings. The molecule has 61 heavy (non-hydrogen) atoms. The van der Waals surface area contributed by atoms with Gasteiger partial charge in [-0.1, -0.05) is 72.8 Å². The summed E-state index contributed by atoms with van der Waals surface area (Å²) in [4.78, 5) is 56.4. The lowest BCUT2D eigenvalue weighted by molar-refractivity contribution is 0.0980. The van der Waals surface area contributed by atoms with Crippen molar-refractivity contribution < 1.29 is 36.7 Å². The van der Waals surface area contributed by atoms with Crippen molar-refractivity contribution in [2.75, 3.05) is 50.3 Å². The Hall–Kier alpha value is -7.01. The second-order valence-corrected chi connectivity index (χ2v) is 15.8. The minimum Gasteiger partial charge on any atom is -0.398 e. The number of carbonyl (C=O) groups excluding carboxylic acids is 4. The number of hydrogen-bond acceptors (Lipinski definition) is 12. The summed E-state index contributed by atoms with van der Waals surface area (Å²) in [6.45, 7) is 1.70. The van der Waals surface area contributed by atoms with E-state index in [1.165, 1.54) is 11.1 Å². The molecule has 0 unspecified atom stereocenters. The Balaban J connectivity index is 0.000000184. The van der Waals surface area contributed by atoms with Crippen LogP contribution in [0.5, 0.6) is 0 Å². The molecule has 0 amide bonds. The highest BCUT2D eigenvalue weighted by atomic mass is 32.3. The van der Waals surface area contributed by atoms with Gasteiger partial charge < -0.3 is 31.9 Å². The minimum atomic E-state index is -4.67. The summed E-state index contributed by atoms with van der Waals surface area (Å²) in [5, 5.41) is 6.56. The van der Waals surface area contributed by atoms with Crippen LogP contribution in [0.3, 0.4) is 0 Å². The first-order valence-electron chi connectivity index (χ1n) is 18.8.